The van der Waals surface area contributed by atoms with Gasteiger partial charge in [-0.2, -0.15) is 5.10 Å². The van der Waals surface area contributed by atoms with Crippen LogP contribution in [0.4, 0.5) is 5.69 Å². The van der Waals surface area contributed by atoms with Crippen LogP contribution in [0.3, 0.4) is 0 Å². The molecule has 2 heterocycles. The number of anilines is 1. The second-order valence-electron chi connectivity index (χ2n) is 5.10. The zero-order valence-electron chi connectivity index (χ0n) is 13.0. The molecule has 1 N–H and O–H groups in total. The molecule has 0 aliphatic rings. The van der Waals surface area contributed by atoms with Crippen LogP contribution in [0.25, 0.3) is 5.65 Å². The summed E-state index contributed by atoms with van der Waals surface area (Å²) in [7, 11) is 0. The fourth-order valence-corrected chi connectivity index (χ4v) is 2.56. The van der Waals surface area contributed by atoms with Crippen LogP contribution in [-0.4, -0.2) is 33.1 Å². The summed E-state index contributed by atoms with van der Waals surface area (Å²) in [5.41, 5.74) is 1.38. The molecule has 0 fully saturated rings. The molecule has 0 aliphatic heterocycles. The summed E-state index contributed by atoms with van der Waals surface area (Å²) in [4.78, 5) is 28.4. The first kappa shape index (κ1) is 17.2. The molecular formula is C16H12Cl2N4O3. The molecule has 7 nitrogen and oxygen atoms in total. The smallest absolute Gasteiger partial charge is 0.344 e. The molecule has 0 bridgehead atoms. The summed E-state index contributed by atoms with van der Waals surface area (Å²) in [5, 5.41) is 7.45. The molecule has 0 unspecified atom stereocenters. The Hall–Kier alpha value is -2.64. The molecule has 3 rings (SSSR count). The summed E-state index contributed by atoms with van der Waals surface area (Å²) in [6.45, 7) is 1.18. The maximum atomic E-state index is 12.3. The van der Waals surface area contributed by atoms with Gasteiger partial charge in [0.1, 0.15) is 5.56 Å². The molecule has 0 atom stereocenters. The van der Waals surface area contributed by atoms with Crippen molar-refractivity contribution in [2.24, 2.45) is 0 Å². The second-order valence-corrected chi connectivity index (χ2v) is 5.94. The van der Waals surface area contributed by atoms with Crippen LogP contribution >= 0.6 is 23.2 Å². The molecule has 1 aromatic carbocycles. The van der Waals surface area contributed by atoms with Gasteiger partial charge in [-0.1, -0.05) is 23.2 Å². The Balaban J connectivity index is 1.68. The number of nitrogens with one attached hydrogen (secondary N) is 1. The van der Waals surface area contributed by atoms with Gasteiger partial charge in [0.05, 0.1) is 16.4 Å². The third-order valence-electron chi connectivity index (χ3n) is 3.31. The molecule has 0 saturated heterocycles. The monoisotopic (exact) mass is 378 g/mol. The van der Waals surface area contributed by atoms with Crippen molar-refractivity contribution >= 4 is 46.4 Å². The van der Waals surface area contributed by atoms with Crippen molar-refractivity contribution in [3.63, 3.8) is 0 Å². The first-order chi connectivity index (χ1) is 12.0. The quantitative estimate of drug-likeness (QED) is 0.704. The molecule has 0 saturated carbocycles. The average Bonchev–Trinajstić information content (AvgIpc) is 2.92. The highest BCUT2D eigenvalue weighted by Crippen LogP contribution is 2.25. The Morgan fingerprint density at radius 1 is 1.32 bits per heavy atom. The molecule has 128 valence electrons. The van der Waals surface area contributed by atoms with Gasteiger partial charge in [-0.3, -0.25) is 4.79 Å². The van der Waals surface area contributed by atoms with Crippen LogP contribution in [-0.2, 0) is 9.53 Å². The summed E-state index contributed by atoms with van der Waals surface area (Å²) >= 11 is 11.8. The second kappa shape index (κ2) is 7.08. The third kappa shape index (κ3) is 3.72. The number of fused-ring (bicyclic) bond motifs is 1. The highest BCUT2D eigenvalue weighted by molar-refractivity contribution is 6.35. The van der Waals surface area contributed by atoms with Crippen LogP contribution in [0, 0.1) is 6.92 Å². The van der Waals surface area contributed by atoms with E-state index in [1.54, 1.807) is 37.5 Å². The van der Waals surface area contributed by atoms with Gasteiger partial charge in [0.15, 0.2) is 12.3 Å². The number of rotatable bonds is 4. The van der Waals surface area contributed by atoms with Crippen molar-refractivity contribution in [1.82, 2.24) is 14.6 Å². The summed E-state index contributed by atoms with van der Waals surface area (Å²) in [6.07, 6.45) is 3.21. The number of benzene rings is 1. The molecular weight excluding hydrogens is 367 g/mol. The topological polar surface area (TPSA) is 85.6 Å². The van der Waals surface area contributed by atoms with Gasteiger partial charge in [0, 0.05) is 17.4 Å². The van der Waals surface area contributed by atoms with E-state index in [0.29, 0.717) is 27.1 Å². The summed E-state index contributed by atoms with van der Waals surface area (Å²) in [6, 6.07) is 6.35. The van der Waals surface area contributed by atoms with Gasteiger partial charge < -0.3 is 10.1 Å². The lowest BCUT2D eigenvalue weighted by Crippen LogP contribution is -2.21. The van der Waals surface area contributed by atoms with Crippen molar-refractivity contribution in [2.75, 3.05) is 11.9 Å². The van der Waals surface area contributed by atoms with E-state index < -0.39 is 18.5 Å². The number of carbonyl (C=O) groups is 2. The van der Waals surface area contributed by atoms with E-state index in [-0.39, 0.29) is 5.56 Å². The van der Waals surface area contributed by atoms with E-state index >= 15 is 0 Å². The van der Waals surface area contributed by atoms with Crippen LogP contribution in [0.5, 0.6) is 0 Å². The Morgan fingerprint density at radius 3 is 2.92 bits per heavy atom. The van der Waals surface area contributed by atoms with Gasteiger partial charge in [0.25, 0.3) is 5.91 Å². The minimum absolute atomic E-state index is 0.217. The first-order valence-corrected chi connectivity index (χ1v) is 7.93. The maximum absolute atomic E-state index is 12.3. The fourth-order valence-electron chi connectivity index (χ4n) is 2.22. The van der Waals surface area contributed by atoms with Gasteiger partial charge in [-0.15, -0.1) is 0 Å². The number of nitrogens with zero attached hydrogens (tertiary/aromatic N) is 3. The number of aromatic nitrogens is 3. The zero-order chi connectivity index (χ0) is 18.0. The largest absolute Gasteiger partial charge is 0.452 e. The van der Waals surface area contributed by atoms with Crippen molar-refractivity contribution in [2.45, 2.75) is 6.92 Å². The third-order valence-corrected chi connectivity index (χ3v) is 3.88. The number of hydrogen-bond donors (Lipinski definition) is 1. The Kier molecular flexibility index (Phi) is 4.87. The Labute approximate surface area is 152 Å². The molecule has 9 heteroatoms. The minimum Gasteiger partial charge on any atom is -0.452 e. The lowest BCUT2D eigenvalue weighted by atomic mass is 10.2. The molecule has 0 spiro atoms. The van der Waals surface area contributed by atoms with Crippen LogP contribution in [0.15, 0.2) is 36.7 Å². The van der Waals surface area contributed by atoms with Gasteiger partial charge in [-0.25, -0.2) is 14.3 Å². The van der Waals surface area contributed by atoms with Gasteiger partial charge in [-0.05, 0) is 31.2 Å². The van der Waals surface area contributed by atoms with E-state index in [0.717, 1.165) is 0 Å². The number of ether oxygens (including phenoxy) is 1. The molecule has 25 heavy (non-hydrogen) atoms. The highest BCUT2D eigenvalue weighted by atomic mass is 35.5. The number of esters is 1. The summed E-state index contributed by atoms with van der Waals surface area (Å²) in [5.74, 6) is -1.22. The SMILES string of the molecule is Cc1nn2cccnc2c1C(=O)OCC(=O)Nc1cc(Cl)ccc1Cl. The van der Waals surface area contributed by atoms with E-state index in [2.05, 4.69) is 15.4 Å². The van der Waals surface area contributed by atoms with E-state index in [4.69, 9.17) is 27.9 Å². The number of carbonyl (C=O) groups excluding carboxylic acids is 2. The number of aryl methyl sites for hydroxylation is 1. The first-order valence-electron chi connectivity index (χ1n) is 7.17. The summed E-state index contributed by atoms with van der Waals surface area (Å²) < 4.78 is 6.53. The predicted octanol–water partition coefficient (Wildman–Crippen LogP) is 3.14. The van der Waals surface area contributed by atoms with E-state index in [1.165, 1.54) is 10.6 Å². The standard InChI is InChI=1S/C16H12Cl2N4O3/c1-9-14(15-19-5-2-6-22(15)21-9)16(24)25-8-13(23)20-12-7-10(17)3-4-11(12)18/h2-7H,8H2,1H3,(H,20,23). The van der Waals surface area contributed by atoms with Crippen molar-refractivity contribution in [3.05, 3.63) is 58.0 Å². The van der Waals surface area contributed by atoms with E-state index in [1.807, 2.05) is 0 Å². The molecule has 1 amide bonds. The van der Waals surface area contributed by atoms with Crippen LogP contribution in [0.2, 0.25) is 10.0 Å². The lowest BCUT2D eigenvalue weighted by molar-refractivity contribution is -0.119. The van der Waals surface area contributed by atoms with Crippen LogP contribution in [0.1, 0.15) is 16.1 Å². The normalized spacial score (nSPS) is 10.7. The van der Waals surface area contributed by atoms with Crippen molar-refractivity contribution in [3.8, 4) is 0 Å². The maximum Gasteiger partial charge on any atom is 0.344 e. The lowest BCUT2D eigenvalue weighted by Gasteiger charge is -2.08. The fraction of sp³-hybridized carbons (Fsp3) is 0.125. The minimum atomic E-state index is -0.682. The van der Waals surface area contributed by atoms with Crippen molar-refractivity contribution in [1.29, 1.82) is 0 Å². The number of halogens is 2. The Morgan fingerprint density at radius 2 is 2.12 bits per heavy atom. The zero-order valence-corrected chi connectivity index (χ0v) is 14.5. The molecule has 0 aliphatic carbocycles. The van der Waals surface area contributed by atoms with Crippen molar-refractivity contribution < 1.29 is 14.3 Å². The average molecular weight is 379 g/mol. The molecule has 0 radical (unpaired) electrons. The number of amides is 1. The molecule has 3 aromatic rings. The van der Waals surface area contributed by atoms with E-state index in [9.17, 15) is 9.59 Å². The molecule has 2 aromatic heterocycles. The van der Waals surface area contributed by atoms with Gasteiger partial charge >= 0.3 is 5.97 Å². The van der Waals surface area contributed by atoms with Crippen LogP contribution < -0.4 is 5.32 Å². The predicted molar refractivity (Wildman–Crippen MR) is 93.1 cm³/mol. The Bertz CT molecular complexity index is 971. The highest BCUT2D eigenvalue weighted by Gasteiger charge is 2.20. The number of hydrogen-bond acceptors (Lipinski definition) is 5. The van der Waals surface area contributed by atoms with Gasteiger partial charge in [0.2, 0.25) is 0 Å².